The summed E-state index contributed by atoms with van der Waals surface area (Å²) in [6.45, 7) is 9.90. The standard InChI is InChI=1S/C15H24ClNO/c1-4-18-11-14(10-17-9-12(2)3)13-6-5-7-15(16)8-13/h5-8,12,14,17H,4,9-11H2,1-3H3. The van der Waals surface area contributed by atoms with Gasteiger partial charge in [-0.1, -0.05) is 37.6 Å². The summed E-state index contributed by atoms with van der Waals surface area (Å²) in [7, 11) is 0. The van der Waals surface area contributed by atoms with Gasteiger partial charge in [0.1, 0.15) is 0 Å². The van der Waals surface area contributed by atoms with E-state index in [1.54, 1.807) is 0 Å². The maximum Gasteiger partial charge on any atom is 0.0546 e. The van der Waals surface area contributed by atoms with Crippen LogP contribution in [-0.4, -0.2) is 26.3 Å². The summed E-state index contributed by atoms with van der Waals surface area (Å²) in [6.07, 6.45) is 0. The molecule has 0 bridgehead atoms. The van der Waals surface area contributed by atoms with E-state index < -0.39 is 0 Å². The van der Waals surface area contributed by atoms with E-state index in [-0.39, 0.29) is 0 Å². The Kier molecular flexibility index (Phi) is 7.33. The Labute approximate surface area is 116 Å². The number of hydrogen-bond donors (Lipinski definition) is 1. The molecule has 0 fully saturated rings. The summed E-state index contributed by atoms with van der Waals surface area (Å²) in [5.41, 5.74) is 1.24. The number of halogens is 1. The van der Waals surface area contributed by atoms with Crippen molar-refractivity contribution in [2.75, 3.05) is 26.3 Å². The van der Waals surface area contributed by atoms with E-state index in [9.17, 15) is 0 Å². The van der Waals surface area contributed by atoms with Crippen molar-refractivity contribution in [3.8, 4) is 0 Å². The largest absolute Gasteiger partial charge is 0.381 e. The van der Waals surface area contributed by atoms with Gasteiger partial charge in [-0.15, -0.1) is 0 Å². The van der Waals surface area contributed by atoms with Gasteiger partial charge < -0.3 is 10.1 Å². The zero-order valence-corrected chi connectivity index (χ0v) is 12.3. The van der Waals surface area contributed by atoms with Crippen LogP contribution in [0.5, 0.6) is 0 Å². The van der Waals surface area contributed by atoms with E-state index in [0.717, 1.165) is 31.3 Å². The van der Waals surface area contributed by atoms with Crippen molar-refractivity contribution in [3.05, 3.63) is 34.9 Å². The van der Waals surface area contributed by atoms with Crippen LogP contribution in [0, 0.1) is 5.92 Å². The molecule has 0 spiro atoms. The molecular formula is C15H24ClNO. The van der Waals surface area contributed by atoms with Crippen LogP contribution < -0.4 is 5.32 Å². The second kappa shape index (κ2) is 8.52. The SMILES string of the molecule is CCOCC(CNCC(C)C)c1cccc(Cl)c1. The lowest BCUT2D eigenvalue weighted by atomic mass is 10.00. The van der Waals surface area contributed by atoms with Crippen LogP contribution >= 0.6 is 11.6 Å². The average Bonchev–Trinajstić information content (AvgIpc) is 2.33. The van der Waals surface area contributed by atoms with Gasteiger partial charge in [0.15, 0.2) is 0 Å². The first-order chi connectivity index (χ1) is 8.63. The van der Waals surface area contributed by atoms with Crippen LogP contribution in [0.15, 0.2) is 24.3 Å². The molecule has 2 nitrogen and oxygen atoms in total. The lowest BCUT2D eigenvalue weighted by molar-refractivity contribution is 0.131. The molecule has 0 aliphatic rings. The fourth-order valence-electron chi connectivity index (χ4n) is 1.84. The quantitative estimate of drug-likeness (QED) is 0.777. The van der Waals surface area contributed by atoms with E-state index >= 15 is 0 Å². The Balaban J connectivity index is 2.59. The Morgan fingerprint density at radius 1 is 1.28 bits per heavy atom. The molecule has 0 heterocycles. The number of rotatable bonds is 8. The van der Waals surface area contributed by atoms with Crippen LogP contribution in [0.25, 0.3) is 0 Å². The van der Waals surface area contributed by atoms with Gasteiger partial charge in [0.05, 0.1) is 6.61 Å². The zero-order valence-electron chi connectivity index (χ0n) is 11.6. The molecule has 1 aromatic carbocycles. The normalized spacial score (nSPS) is 12.9. The fourth-order valence-corrected chi connectivity index (χ4v) is 2.04. The van der Waals surface area contributed by atoms with Crippen molar-refractivity contribution in [1.29, 1.82) is 0 Å². The molecule has 3 heteroatoms. The van der Waals surface area contributed by atoms with E-state index in [1.165, 1.54) is 5.56 Å². The number of ether oxygens (including phenoxy) is 1. The molecular weight excluding hydrogens is 246 g/mol. The van der Waals surface area contributed by atoms with Crippen LogP contribution in [0.4, 0.5) is 0 Å². The molecule has 0 saturated carbocycles. The van der Waals surface area contributed by atoms with E-state index in [2.05, 4.69) is 25.2 Å². The van der Waals surface area contributed by atoms with Crippen molar-refractivity contribution in [3.63, 3.8) is 0 Å². The van der Waals surface area contributed by atoms with Crippen molar-refractivity contribution in [1.82, 2.24) is 5.32 Å². The minimum atomic E-state index is 0.363. The van der Waals surface area contributed by atoms with E-state index in [1.807, 2.05) is 25.1 Å². The van der Waals surface area contributed by atoms with Crippen LogP contribution in [0.3, 0.4) is 0 Å². The van der Waals surface area contributed by atoms with Gasteiger partial charge in [-0.2, -0.15) is 0 Å². The first-order valence-corrected chi connectivity index (χ1v) is 7.05. The first-order valence-electron chi connectivity index (χ1n) is 6.67. The van der Waals surface area contributed by atoms with Gasteiger partial charge in [-0.3, -0.25) is 0 Å². The number of hydrogen-bond acceptors (Lipinski definition) is 2. The number of nitrogens with one attached hydrogen (secondary N) is 1. The number of benzene rings is 1. The molecule has 1 N–H and O–H groups in total. The maximum absolute atomic E-state index is 6.05. The van der Waals surface area contributed by atoms with Crippen molar-refractivity contribution >= 4 is 11.6 Å². The predicted octanol–water partition coefficient (Wildman–Crippen LogP) is 3.71. The average molecular weight is 270 g/mol. The van der Waals surface area contributed by atoms with E-state index in [4.69, 9.17) is 16.3 Å². The van der Waals surface area contributed by atoms with Crippen LogP contribution in [-0.2, 0) is 4.74 Å². The molecule has 1 rings (SSSR count). The molecule has 1 aromatic rings. The third kappa shape index (κ3) is 5.85. The molecule has 1 unspecified atom stereocenters. The molecule has 0 aliphatic heterocycles. The summed E-state index contributed by atoms with van der Waals surface area (Å²) >= 11 is 6.05. The summed E-state index contributed by atoms with van der Waals surface area (Å²) < 4.78 is 5.56. The highest BCUT2D eigenvalue weighted by Gasteiger charge is 2.12. The molecule has 0 radical (unpaired) electrons. The molecule has 0 amide bonds. The highest BCUT2D eigenvalue weighted by Crippen LogP contribution is 2.19. The van der Waals surface area contributed by atoms with Crippen molar-refractivity contribution < 1.29 is 4.74 Å². The van der Waals surface area contributed by atoms with Gasteiger partial charge in [0.25, 0.3) is 0 Å². The molecule has 0 saturated heterocycles. The third-order valence-electron chi connectivity index (χ3n) is 2.79. The fraction of sp³-hybridized carbons (Fsp3) is 0.600. The first kappa shape index (κ1) is 15.5. The van der Waals surface area contributed by atoms with Gasteiger partial charge in [-0.25, -0.2) is 0 Å². The minimum Gasteiger partial charge on any atom is -0.381 e. The Hall–Kier alpha value is -0.570. The molecule has 0 aromatic heterocycles. The topological polar surface area (TPSA) is 21.3 Å². The summed E-state index contributed by atoms with van der Waals surface area (Å²) in [5, 5.41) is 4.28. The maximum atomic E-state index is 6.05. The van der Waals surface area contributed by atoms with Gasteiger partial charge >= 0.3 is 0 Å². The predicted molar refractivity (Wildman–Crippen MR) is 78.4 cm³/mol. The lowest BCUT2D eigenvalue weighted by Gasteiger charge is -2.19. The van der Waals surface area contributed by atoms with Crippen LogP contribution in [0.2, 0.25) is 5.02 Å². The monoisotopic (exact) mass is 269 g/mol. The summed E-state index contributed by atoms with van der Waals surface area (Å²) in [5.74, 6) is 1.03. The highest BCUT2D eigenvalue weighted by molar-refractivity contribution is 6.30. The highest BCUT2D eigenvalue weighted by atomic mass is 35.5. The van der Waals surface area contributed by atoms with Crippen LogP contribution in [0.1, 0.15) is 32.3 Å². The second-order valence-electron chi connectivity index (χ2n) is 4.96. The Morgan fingerprint density at radius 2 is 2.06 bits per heavy atom. The minimum absolute atomic E-state index is 0.363. The van der Waals surface area contributed by atoms with Gasteiger partial charge in [0.2, 0.25) is 0 Å². The Morgan fingerprint density at radius 3 is 2.67 bits per heavy atom. The van der Waals surface area contributed by atoms with Crippen molar-refractivity contribution in [2.45, 2.75) is 26.7 Å². The third-order valence-corrected chi connectivity index (χ3v) is 3.02. The van der Waals surface area contributed by atoms with Gasteiger partial charge in [0, 0.05) is 24.1 Å². The van der Waals surface area contributed by atoms with Crippen molar-refractivity contribution in [2.24, 2.45) is 5.92 Å². The molecule has 102 valence electrons. The van der Waals surface area contributed by atoms with E-state index in [0.29, 0.717) is 11.8 Å². The summed E-state index contributed by atoms with van der Waals surface area (Å²) in [6, 6.07) is 8.05. The zero-order chi connectivity index (χ0) is 13.4. The molecule has 18 heavy (non-hydrogen) atoms. The van der Waals surface area contributed by atoms with Gasteiger partial charge in [-0.05, 0) is 37.1 Å². The Bertz CT molecular complexity index is 341. The molecule has 1 atom stereocenters. The smallest absolute Gasteiger partial charge is 0.0546 e. The lowest BCUT2D eigenvalue weighted by Crippen LogP contribution is -2.27. The second-order valence-corrected chi connectivity index (χ2v) is 5.40. The summed E-state index contributed by atoms with van der Waals surface area (Å²) in [4.78, 5) is 0. The molecule has 0 aliphatic carbocycles.